The summed E-state index contributed by atoms with van der Waals surface area (Å²) in [7, 11) is -3.01. The molecule has 4 nitrogen and oxygen atoms in total. The summed E-state index contributed by atoms with van der Waals surface area (Å²) in [5.41, 5.74) is 0. The molecule has 0 fully saturated rings. The van der Waals surface area contributed by atoms with Crippen molar-refractivity contribution < 1.29 is 13.2 Å². The van der Waals surface area contributed by atoms with E-state index in [0.717, 1.165) is 6.54 Å². The van der Waals surface area contributed by atoms with Crippen LogP contribution in [0.15, 0.2) is 0 Å². The molecule has 92 valence electrons. The molecular formula is C10H23NO3S. The molecule has 0 bridgehead atoms. The topological polar surface area (TPSA) is 55.4 Å². The van der Waals surface area contributed by atoms with Gasteiger partial charge in [-0.15, -0.1) is 0 Å². The Morgan fingerprint density at radius 1 is 1.27 bits per heavy atom. The number of nitrogens with one attached hydrogen (secondary N) is 1. The minimum absolute atomic E-state index is 0.123. The summed E-state index contributed by atoms with van der Waals surface area (Å²) in [4.78, 5) is 0. The van der Waals surface area contributed by atoms with Gasteiger partial charge in [0.1, 0.15) is 0 Å². The van der Waals surface area contributed by atoms with Gasteiger partial charge in [-0.3, -0.25) is 0 Å². The number of hydrogen-bond donors (Lipinski definition) is 1. The van der Waals surface area contributed by atoms with Gasteiger partial charge in [-0.25, -0.2) is 8.42 Å². The maximum absolute atomic E-state index is 11.4. The van der Waals surface area contributed by atoms with Crippen molar-refractivity contribution in [2.45, 2.75) is 45.1 Å². The van der Waals surface area contributed by atoms with Crippen LogP contribution in [0, 0.1) is 0 Å². The Kier molecular flexibility index (Phi) is 6.40. The molecule has 0 heterocycles. The fourth-order valence-corrected chi connectivity index (χ4v) is 1.99. The van der Waals surface area contributed by atoms with Crippen LogP contribution in [0.1, 0.15) is 27.7 Å². The van der Waals surface area contributed by atoms with Gasteiger partial charge in [0.2, 0.25) is 0 Å². The first-order valence-electron chi connectivity index (χ1n) is 5.32. The third-order valence-corrected chi connectivity index (χ3v) is 4.00. The predicted octanol–water partition coefficient (Wildman–Crippen LogP) is 0.823. The number of hydrogen-bond acceptors (Lipinski definition) is 4. The van der Waals surface area contributed by atoms with E-state index in [2.05, 4.69) is 5.32 Å². The highest BCUT2D eigenvalue weighted by atomic mass is 32.2. The molecule has 0 aliphatic rings. The molecule has 0 aromatic heterocycles. The molecule has 1 N–H and O–H groups in total. The Morgan fingerprint density at radius 2 is 1.80 bits per heavy atom. The van der Waals surface area contributed by atoms with Crippen LogP contribution in [0.25, 0.3) is 0 Å². The first-order valence-corrected chi connectivity index (χ1v) is 7.28. The molecule has 0 aromatic carbocycles. The van der Waals surface area contributed by atoms with E-state index in [1.54, 1.807) is 6.92 Å². The average molecular weight is 237 g/mol. The fourth-order valence-electron chi connectivity index (χ4n) is 1.22. The van der Waals surface area contributed by atoms with E-state index in [9.17, 15) is 8.42 Å². The Morgan fingerprint density at radius 3 is 2.13 bits per heavy atom. The average Bonchev–Trinajstić information content (AvgIpc) is 2.09. The lowest BCUT2D eigenvalue weighted by atomic mass is 10.2. The van der Waals surface area contributed by atoms with Crippen molar-refractivity contribution in [3.8, 4) is 0 Å². The molecule has 0 saturated heterocycles. The molecular weight excluding hydrogens is 214 g/mol. The number of likely N-dealkylation sites (N-methyl/N-ethyl adjacent to an activating group) is 1. The minimum atomic E-state index is -3.01. The Labute approximate surface area is 93.3 Å². The van der Waals surface area contributed by atoms with E-state index < -0.39 is 15.1 Å². The summed E-state index contributed by atoms with van der Waals surface area (Å²) in [6.07, 6.45) is 1.38. The van der Waals surface area contributed by atoms with Gasteiger partial charge < -0.3 is 10.1 Å². The van der Waals surface area contributed by atoms with E-state index in [-0.39, 0.29) is 12.1 Å². The van der Waals surface area contributed by atoms with E-state index >= 15 is 0 Å². The summed E-state index contributed by atoms with van der Waals surface area (Å²) in [5, 5.41) is 2.72. The van der Waals surface area contributed by atoms with Crippen LogP contribution < -0.4 is 5.32 Å². The monoisotopic (exact) mass is 237 g/mol. The van der Waals surface area contributed by atoms with Gasteiger partial charge in [-0.2, -0.15) is 0 Å². The number of sulfone groups is 1. The van der Waals surface area contributed by atoms with Crippen molar-refractivity contribution in [1.82, 2.24) is 5.32 Å². The standard InChI is InChI=1S/C10H23NO3S/c1-6-11-10(7-14-8(2)3)9(4)15(5,12)13/h8-11H,6-7H2,1-5H3. The lowest BCUT2D eigenvalue weighted by Crippen LogP contribution is -2.45. The van der Waals surface area contributed by atoms with Gasteiger partial charge in [0.15, 0.2) is 9.84 Å². The summed E-state index contributed by atoms with van der Waals surface area (Å²) >= 11 is 0. The molecule has 2 atom stereocenters. The van der Waals surface area contributed by atoms with Crippen LogP contribution in [-0.2, 0) is 14.6 Å². The molecule has 0 aliphatic heterocycles. The molecule has 0 aliphatic carbocycles. The van der Waals surface area contributed by atoms with E-state index in [1.807, 2.05) is 20.8 Å². The van der Waals surface area contributed by atoms with Crippen LogP contribution in [0.2, 0.25) is 0 Å². The molecule has 0 saturated carbocycles. The van der Waals surface area contributed by atoms with E-state index in [4.69, 9.17) is 4.74 Å². The normalized spacial score (nSPS) is 16.7. The van der Waals surface area contributed by atoms with Crippen LogP contribution in [0.3, 0.4) is 0 Å². The van der Waals surface area contributed by atoms with Gasteiger partial charge in [-0.05, 0) is 27.3 Å². The molecule has 0 amide bonds. The third kappa shape index (κ3) is 6.12. The molecule has 15 heavy (non-hydrogen) atoms. The molecule has 2 unspecified atom stereocenters. The summed E-state index contributed by atoms with van der Waals surface area (Å²) in [6, 6.07) is -0.132. The summed E-state index contributed by atoms with van der Waals surface area (Å²) in [5.74, 6) is 0. The minimum Gasteiger partial charge on any atom is -0.377 e. The SMILES string of the molecule is CCNC(COC(C)C)C(C)S(C)(=O)=O. The second-order valence-electron chi connectivity index (χ2n) is 4.08. The predicted molar refractivity (Wildman–Crippen MR) is 62.9 cm³/mol. The Bertz CT molecular complexity index is 262. The second-order valence-corrected chi connectivity index (χ2v) is 6.48. The third-order valence-electron chi connectivity index (χ3n) is 2.32. The quantitative estimate of drug-likeness (QED) is 0.712. The molecule has 0 rings (SSSR count). The van der Waals surface area contributed by atoms with Gasteiger partial charge in [0, 0.05) is 12.3 Å². The number of rotatable bonds is 7. The fraction of sp³-hybridized carbons (Fsp3) is 1.00. The summed E-state index contributed by atoms with van der Waals surface area (Å²) in [6.45, 7) is 8.72. The zero-order chi connectivity index (χ0) is 12.1. The van der Waals surface area contributed by atoms with Gasteiger partial charge in [0.25, 0.3) is 0 Å². The van der Waals surface area contributed by atoms with Crippen molar-refractivity contribution >= 4 is 9.84 Å². The second kappa shape index (κ2) is 6.45. The number of ether oxygens (including phenoxy) is 1. The van der Waals surface area contributed by atoms with Crippen LogP contribution in [0.4, 0.5) is 0 Å². The van der Waals surface area contributed by atoms with Gasteiger partial charge in [-0.1, -0.05) is 6.92 Å². The molecule has 0 spiro atoms. The first-order chi connectivity index (χ1) is 6.79. The highest BCUT2D eigenvalue weighted by Crippen LogP contribution is 2.06. The van der Waals surface area contributed by atoms with Crippen LogP contribution in [0.5, 0.6) is 0 Å². The van der Waals surface area contributed by atoms with Gasteiger partial charge in [0.05, 0.1) is 18.0 Å². The van der Waals surface area contributed by atoms with Crippen molar-refractivity contribution in [2.75, 3.05) is 19.4 Å². The molecule has 0 aromatic rings. The van der Waals surface area contributed by atoms with Crippen molar-refractivity contribution in [3.63, 3.8) is 0 Å². The highest BCUT2D eigenvalue weighted by molar-refractivity contribution is 7.91. The molecule has 0 radical (unpaired) electrons. The van der Waals surface area contributed by atoms with Crippen molar-refractivity contribution in [1.29, 1.82) is 0 Å². The van der Waals surface area contributed by atoms with Crippen LogP contribution in [-0.4, -0.2) is 45.2 Å². The largest absolute Gasteiger partial charge is 0.377 e. The van der Waals surface area contributed by atoms with E-state index in [0.29, 0.717) is 6.61 Å². The zero-order valence-electron chi connectivity index (χ0n) is 10.3. The van der Waals surface area contributed by atoms with Gasteiger partial charge >= 0.3 is 0 Å². The maximum Gasteiger partial charge on any atom is 0.151 e. The van der Waals surface area contributed by atoms with E-state index in [1.165, 1.54) is 6.26 Å². The van der Waals surface area contributed by atoms with Crippen molar-refractivity contribution in [3.05, 3.63) is 0 Å². The first kappa shape index (κ1) is 14.9. The smallest absolute Gasteiger partial charge is 0.151 e. The molecule has 5 heteroatoms. The Hall–Kier alpha value is -0.130. The lowest BCUT2D eigenvalue weighted by molar-refractivity contribution is 0.0614. The lowest BCUT2D eigenvalue weighted by Gasteiger charge is -2.24. The maximum atomic E-state index is 11.4. The van der Waals surface area contributed by atoms with Crippen LogP contribution >= 0.6 is 0 Å². The zero-order valence-corrected chi connectivity index (χ0v) is 11.1. The summed E-state index contributed by atoms with van der Waals surface area (Å²) < 4.78 is 28.2. The van der Waals surface area contributed by atoms with Crippen molar-refractivity contribution in [2.24, 2.45) is 0 Å². The highest BCUT2D eigenvalue weighted by Gasteiger charge is 2.25. The Balaban J connectivity index is 4.38.